The minimum Gasteiger partial charge on any atom is -0.495 e. The van der Waals surface area contributed by atoms with E-state index in [0.717, 1.165) is 37.3 Å². The third-order valence-corrected chi connectivity index (χ3v) is 4.97. The molecule has 0 bridgehead atoms. The van der Waals surface area contributed by atoms with Crippen LogP contribution < -0.4 is 15.0 Å². The zero-order valence-corrected chi connectivity index (χ0v) is 16.4. The molecule has 2 amide bonds. The number of rotatable bonds is 9. The Labute approximate surface area is 156 Å². The Bertz CT molecular complexity index is 629. The molecule has 1 N–H and O–H groups in total. The Balaban J connectivity index is 1.91. The summed E-state index contributed by atoms with van der Waals surface area (Å²) in [5, 5.41) is 2.98. The number of hydrogen-bond acceptors (Lipinski definition) is 4. The highest BCUT2D eigenvalue weighted by Gasteiger charge is 2.36. The molecule has 1 aromatic rings. The molecule has 2 rings (SSSR count). The van der Waals surface area contributed by atoms with Crippen LogP contribution in [0.3, 0.4) is 0 Å². The van der Waals surface area contributed by atoms with Gasteiger partial charge < -0.3 is 19.9 Å². The van der Waals surface area contributed by atoms with E-state index in [0.29, 0.717) is 18.8 Å². The van der Waals surface area contributed by atoms with E-state index in [-0.39, 0.29) is 24.2 Å². The average Bonchev–Trinajstić information content (AvgIpc) is 3.03. The number of hydrogen-bond donors (Lipinski definition) is 1. The Kier molecular flexibility index (Phi) is 7.45. The normalized spacial score (nSPS) is 17.0. The summed E-state index contributed by atoms with van der Waals surface area (Å²) < 4.78 is 5.38. The molecule has 26 heavy (non-hydrogen) atoms. The highest BCUT2D eigenvalue weighted by Crippen LogP contribution is 2.33. The molecule has 144 valence electrons. The van der Waals surface area contributed by atoms with Crippen molar-refractivity contribution in [3.8, 4) is 5.75 Å². The standard InChI is InChI=1S/C20H31N3O3/c1-5-22(6-2)11-7-10-21-20(25)16-13-19(24)23(14-16)17-12-15(3)8-9-18(17)26-4/h8-9,12,16H,5-7,10-11,13-14H2,1-4H3,(H,21,25). The van der Waals surface area contributed by atoms with Crippen LogP contribution in [0.2, 0.25) is 0 Å². The van der Waals surface area contributed by atoms with E-state index in [1.165, 1.54) is 0 Å². The van der Waals surface area contributed by atoms with Gasteiger partial charge in [0, 0.05) is 19.5 Å². The van der Waals surface area contributed by atoms with Gasteiger partial charge in [-0.3, -0.25) is 9.59 Å². The zero-order valence-electron chi connectivity index (χ0n) is 16.4. The number of amides is 2. The van der Waals surface area contributed by atoms with E-state index < -0.39 is 0 Å². The van der Waals surface area contributed by atoms with E-state index in [9.17, 15) is 9.59 Å². The molecule has 1 saturated heterocycles. The number of anilines is 1. The van der Waals surface area contributed by atoms with E-state index in [2.05, 4.69) is 24.1 Å². The predicted molar refractivity (Wildman–Crippen MR) is 104 cm³/mol. The van der Waals surface area contributed by atoms with Crippen molar-refractivity contribution in [3.05, 3.63) is 23.8 Å². The number of nitrogens with one attached hydrogen (secondary N) is 1. The Morgan fingerprint density at radius 1 is 1.35 bits per heavy atom. The average molecular weight is 361 g/mol. The second-order valence-corrected chi connectivity index (χ2v) is 6.75. The largest absolute Gasteiger partial charge is 0.495 e. The summed E-state index contributed by atoms with van der Waals surface area (Å²) in [6.45, 7) is 10.3. The Morgan fingerprint density at radius 2 is 2.08 bits per heavy atom. The van der Waals surface area contributed by atoms with Crippen LogP contribution in [0, 0.1) is 12.8 Å². The summed E-state index contributed by atoms with van der Waals surface area (Å²) in [6.07, 6.45) is 1.17. The summed E-state index contributed by atoms with van der Waals surface area (Å²) >= 11 is 0. The van der Waals surface area contributed by atoms with Crippen LogP contribution in [-0.2, 0) is 9.59 Å². The quantitative estimate of drug-likeness (QED) is 0.685. The highest BCUT2D eigenvalue weighted by atomic mass is 16.5. The van der Waals surface area contributed by atoms with E-state index >= 15 is 0 Å². The van der Waals surface area contributed by atoms with Crippen LogP contribution >= 0.6 is 0 Å². The number of ether oxygens (including phenoxy) is 1. The van der Waals surface area contributed by atoms with Gasteiger partial charge >= 0.3 is 0 Å². The van der Waals surface area contributed by atoms with Crippen molar-refractivity contribution in [2.45, 2.75) is 33.6 Å². The number of methoxy groups -OCH3 is 1. The van der Waals surface area contributed by atoms with Crippen LogP contribution in [0.4, 0.5) is 5.69 Å². The van der Waals surface area contributed by atoms with Gasteiger partial charge in [-0.1, -0.05) is 19.9 Å². The fourth-order valence-corrected chi connectivity index (χ4v) is 3.33. The first-order valence-corrected chi connectivity index (χ1v) is 9.45. The lowest BCUT2D eigenvalue weighted by atomic mass is 10.1. The van der Waals surface area contributed by atoms with Crippen LogP contribution in [-0.4, -0.2) is 56.5 Å². The first kappa shape index (κ1) is 20.2. The second-order valence-electron chi connectivity index (χ2n) is 6.75. The van der Waals surface area contributed by atoms with Crippen molar-refractivity contribution < 1.29 is 14.3 Å². The molecule has 0 aliphatic carbocycles. The van der Waals surface area contributed by atoms with Crippen molar-refractivity contribution in [2.24, 2.45) is 5.92 Å². The van der Waals surface area contributed by atoms with Gasteiger partial charge in [-0.2, -0.15) is 0 Å². The fourth-order valence-electron chi connectivity index (χ4n) is 3.33. The van der Waals surface area contributed by atoms with Gasteiger partial charge in [-0.05, 0) is 50.7 Å². The first-order chi connectivity index (χ1) is 12.5. The van der Waals surface area contributed by atoms with Crippen molar-refractivity contribution in [1.29, 1.82) is 0 Å². The van der Waals surface area contributed by atoms with Gasteiger partial charge in [-0.25, -0.2) is 0 Å². The zero-order chi connectivity index (χ0) is 19.1. The van der Waals surface area contributed by atoms with Crippen molar-refractivity contribution >= 4 is 17.5 Å². The molecule has 1 aliphatic rings. The number of aryl methyl sites for hydroxylation is 1. The van der Waals surface area contributed by atoms with E-state index in [1.54, 1.807) is 12.0 Å². The third kappa shape index (κ3) is 4.97. The van der Waals surface area contributed by atoms with Gasteiger partial charge in [0.05, 0.1) is 18.7 Å². The molecule has 1 aliphatic heterocycles. The second kappa shape index (κ2) is 9.57. The number of carbonyl (C=O) groups excluding carboxylic acids is 2. The fraction of sp³-hybridized carbons (Fsp3) is 0.600. The molecule has 0 spiro atoms. The molecule has 1 fully saturated rings. The maximum absolute atomic E-state index is 12.4. The summed E-state index contributed by atoms with van der Waals surface area (Å²) in [7, 11) is 1.59. The molecule has 1 aromatic carbocycles. The van der Waals surface area contributed by atoms with Crippen LogP contribution in [0.5, 0.6) is 5.75 Å². The first-order valence-electron chi connectivity index (χ1n) is 9.45. The molecule has 0 radical (unpaired) electrons. The third-order valence-electron chi connectivity index (χ3n) is 4.97. The van der Waals surface area contributed by atoms with Crippen molar-refractivity contribution in [3.63, 3.8) is 0 Å². The summed E-state index contributed by atoms with van der Waals surface area (Å²) in [6, 6.07) is 5.74. The van der Waals surface area contributed by atoms with Crippen LogP contribution in [0.15, 0.2) is 18.2 Å². The SMILES string of the molecule is CCN(CC)CCCNC(=O)C1CC(=O)N(c2cc(C)ccc2OC)C1. The van der Waals surface area contributed by atoms with Gasteiger partial charge in [0.15, 0.2) is 0 Å². The Morgan fingerprint density at radius 3 is 2.73 bits per heavy atom. The smallest absolute Gasteiger partial charge is 0.227 e. The number of benzene rings is 1. The molecular formula is C20H31N3O3. The summed E-state index contributed by atoms with van der Waals surface area (Å²) in [4.78, 5) is 28.9. The van der Waals surface area contributed by atoms with E-state index in [1.807, 2.05) is 25.1 Å². The highest BCUT2D eigenvalue weighted by molar-refractivity contribution is 6.01. The van der Waals surface area contributed by atoms with E-state index in [4.69, 9.17) is 4.74 Å². The molecule has 0 aromatic heterocycles. The molecule has 1 atom stereocenters. The molecular weight excluding hydrogens is 330 g/mol. The summed E-state index contributed by atoms with van der Waals surface area (Å²) in [5.74, 6) is 0.287. The minimum absolute atomic E-state index is 0.0304. The van der Waals surface area contributed by atoms with Gasteiger partial charge in [0.2, 0.25) is 11.8 Å². The van der Waals surface area contributed by atoms with Gasteiger partial charge in [-0.15, -0.1) is 0 Å². The van der Waals surface area contributed by atoms with Gasteiger partial charge in [0.1, 0.15) is 5.75 Å². The molecule has 0 saturated carbocycles. The Hall–Kier alpha value is -2.08. The predicted octanol–water partition coefficient (Wildman–Crippen LogP) is 2.20. The maximum Gasteiger partial charge on any atom is 0.227 e. The molecule has 1 unspecified atom stereocenters. The number of nitrogens with zero attached hydrogens (tertiary/aromatic N) is 2. The van der Waals surface area contributed by atoms with Gasteiger partial charge in [0.25, 0.3) is 0 Å². The molecule has 1 heterocycles. The lowest BCUT2D eigenvalue weighted by Gasteiger charge is -2.20. The summed E-state index contributed by atoms with van der Waals surface area (Å²) in [5.41, 5.74) is 1.80. The molecule has 6 nitrogen and oxygen atoms in total. The van der Waals surface area contributed by atoms with Crippen LogP contribution in [0.1, 0.15) is 32.3 Å². The lowest BCUT2D eigenvalue weighted by Crippen LogP contribution is -2.35. The van der Waals surface area contributed by atoms with Crippen molar-refractivity contribution in [2.75, 3.05) is 44.7 Å². The van der Waals surface area contributed by atoms with Crippen LogP contribution in [0.25, 0.3) is 0 Å². The lowest BCUT2D eigenvalue weighted by molar-refractivity contribution is -0.126. The molecule has 6 heteroatoms. The monoisotopic (exact) mass is 361 g/mol. The number of carbonyl (C=O) groups is 2. The minimum atomic E-state index is -0.304. The van der Waals surface area contributed by atoms with Crippen molar-refractivity contribution in [1.82, 2.24) is 10.2 Å². The maximum atomic E-state index is 12.4. The topological polar surface area (TPSA) is 61.9 Å².